The van der Waals surface area contributed by atoms with E-state index in [1.807, 2.05) is 24.4 Å². The van der Waals surface area contributed by atoms with E-state index in [4.69, 9.17) is 9.97 Å². The lowest BCUT2D eigenvalue weighted by Crippen LogP contribution is -1.92. The third-order valence-corrected chi connectivity index (χ3v) is 9.45. The van der Waals surface area contributed by atoms with Crippen molar-refractivity contribution in [2.45, 2.75) is 0 Å². The van der Waals surface area contributed by atoms with Crippen molar-refractivity contribution in [3.05, 3.63) is 152 Å². The molecule has 3 aromatic heterocycles. The van der Waals surface area contributed by atoms with Gasteiger partial charge in [0.2, 0.25) is 0 Å². The third kappa shape index (κ3) is 3.75. The molecule has 0 saturated carbocycles. The van der Waals surface area contributed by atoms with Gasteiger partial charge in [-0.15, -0.1) is 0 Å². The number of aromatic nitrogens is 3. The second-order valence-electron chi connectivity index (χ2n) is 12.0. The fourth-order valence-corrected chi connectivity index (χ4v) is 7.18. The van der Waals surface area contributed by atoms with Gasteiger partial charge >= 0.3 is 0 Å². The molecule has 10 rings (SSSR count). The van der Waals surface area contributed by atoms with Gasteiger partial charge in [0.15, 0.2) is 0 Å². The lowest BCUT2D eigenvalue weighted by atomic mass is 9.93. The Morgan fingerprint density at radius 2 is 0.957 bits per heavy atom. The summed E-state index contributed by atoms with van der Waals surface area (Å²) in [5.74, 6) is 0. The van der Waals surface area contributed by atoms with Gasteiger partial charge in [-0.25, -0.2) is 9.97 Å². The molecule has 6 aromatic carbocycles. The molecule has 0 N–H and O–H groups in total. The van der Waals surface area contributed by atoms with Crippen molar-refractivity contribution in [3.8, 4) is 55.9 Å². The van der Waals surface area contributed by atoms with Crippen LogP contribution < -0.4 is 0 Å². The molecule has 0 saturated heterocycles. The van der Waals surface area contributed by atoms with Crippen LogP contribution in [0.2, 0.25) is 0 Å². The largest absolute Gasteiger partial charge is 0.256 e. The highest BCUT2D eigenvalue weighted by atomic mass is 14.8. The van der Waals surface area contributed by atoms with E-state index in [1.54, 1.807) is 0 Å². The number of pyridine rings is 3. The highest BCUT2D eigenvalue weighted by molar-refractivity contribution is 6.18. The van der Waals surface area contributed by atoms with Crippen molar-refractivity contribution in [2.75, 3.05) is 0 Å². The normalized spacial score (nSPS) is 11.9. The molecular formula is C43H25N3. The third-order valence-electron chi connectivity index (χ3n) is 9.45. The first-order chi connectivity index (χ1) is 22.8. The molecule has 0 spiro atoms. The number of fused-ring (bicyclic) bond motifs is 7. The summed E-state index contributed by atoms with van der Waals surface area (Å²) in [6.07, 6.45) is 1.91. The number of benzene rings is 6. The van der Waals surface area contributed by atoms with Crippen LogP contribution in [-0.4, -0.2) is 15.0 Å². The fraction of sp³-hybridized carbons (Fsp3) is 0. The molecule has 9 aromatic rings. The van der Waals surface area contributed by atoms with E-state index < -0.39 is 0 Å². The maximum absolute atomic E-state index is 5.19. The van der Waals surface area contributed by atoms with E-state index in [-0.39, 0.29) is 0 Å². The molecule has 0 amide bonds. The Bertz CT molecular complexity index is 2660. The first-order valence-electron chi connectivity index (χ1n) is 15.6. The van der Waals surface area contributed by atoms with Gasteiger partial charge in [0.25, 0.3) is 0 Å². The summed E-state index contributed by atoms with van der Waals surface area (Å²) < 4.78 is 0. The van der Waals surface area contributed by atoms with Gasteiger partial charge in [-0.05, 0) is 68.4 Å². The smallest absolute Gasteiger partial charge is 0.0972 e. The summed E-state index contributed by atoms with van der Waals surface area (Å²) in [7, 11) is 0. The minimum Gasteiger partial charge on any atom is -0.256 e. The van der Waals surface area contributed by atoms with Crippen LogP contribution in [0.5, 0.6) is 0 Å². The topological polar surface area (TPSA) is 38.7 Å². The van der Waals surface area contributed by atoms with Gasteiger partial charge < -0.3 is 0 Å². The van der Waals surface area contributed by atoms with Crippen molar-refractivity contribution in [1.82, 2.24) is 15.0 Å². The Labute approximate surface area is 265 Å². The van der Waals surface area contributed by atoms with Crippen LogP contribution in [0.25, 0.3) is 99.4 Å². The van der Waals surface area contributed by atoms with E-state index >= 15 is 0 Å². The molecule has 1 aliphatic carbocycles. The Balaban J connectivity index is 1.05. The minimum absolute atomic E-state index is 0.892. The molecule has 3 nitrogen and oxygen atoms in total. The highest BCUT2D eigenvalue weighted by Gasteiger charge is 2.22. The molecule has 3 heterocycles. The van der Waals surface area contributed by atoms with Gasteiger partial charge in [-0.3, -0.25) is 4.98 Å². The maximum Gasteiger partial charge on any atom is 0.0972 e. The van der Waals surface area contributed by atoms with Crippen LogP contribution in [0, 0.1) is 0 Å². The molecule has 0 bridgehead atoms. The summed E-state index contributed by atoms with van der Waals surface area (Å²) in [6, 6.07) is 51.8. The van der Waals surface area contributed by atoms with Crippen molar-refractivity contribution in [2.24, 2.45) is 0 Å². The van der Waals surface area contributed by atoms with E-state index in [0.717, 1.165) is 55.2 Å². The molecular weight excluding hydrogens is 558 g/mol. The van der Waals surface area contributed by atoms with E-state index in [9.17, 15) is 0 Å². The van der Waals surface area contributed by atoms with Crippen molar-refractivity contribution < 1.29 is 0 Å². The first kappa shape index (κ1) is 25.2. The molecule has 0 atom stereocenters. The fourth-order valence-electron chi connectivity index (χ4n) is 7.18. The first-order valence-corrected chi connectivity index (χ1v) is 15.6. The van der Waals surface area contributed by atoms with Crippen molar-refractivity contribution >= 4 is 43.5 Å². The SMILES string of the molecule is c1ccc2c(c1)-c1cccc3c(-c4ccc(-c5ccc6ccc7ccc(-c8cnc9ccccc9c8)nc7c6n5)cc4)ccc-2c13. The second kappa shape index (κ2) is 9.65. The summed E-state index contributed by atoms with van der Waals surface area (Å²) in [6.45, 7) is 0. The molecule has 1 aliphatic rings. The second-order valence-corrected chi connectivity index (χ2v) is 12.0. The highest BCUT2D eigenvalue weighted by Crippen LogP contribution is 2.49. The van der Waals surface area contributed by atoms with Crippen molar-refractivity contribution in [1.29, 1.82) is 0 Å². The number of hydrogen-bond donors (Lipinski definition) is 0. The predicted molar refractivity (Wildman–Crippen MR) is 191 cm³/mol. The summed E-state index contributed by atoms with van der Waals surface area (Å²) in [4.78, 5) is 15.0. The minimum atomic E-state index is 0.892. The van der Waals surface area contributed by atoms with E-state index in [2.05, 4.69) is 132 Å². The monoisotopic (exact) mass is 583 g/mol. The Kier molecular flexibility index (Phi) is 5.28. The van der Waals surface area contributed by atoms with Crippen LogP contribution in [0.3, 0.4) is 0 Å². The van der Waals surface area contributed by atoms with Gasteiger partial charge in [0.1, 0.15) is 0 Å². The van der Waals surface area contributed by atoms with Crippen LogP contribution >= 0.6 is 0 Å². The van der Waals surface area contributed by atoms with Gasteiger partial charge in [0.05, 0.1) is 27.9 Å². The molecule has 0 radical (unpaired) electrons. The summed E-state index contributed by atoms with van der Waals surface area (Å²) >= 11 is 0. The van der Waals surface area contributed by atoms with E-state index in [0.29, 0.717) is 0 Å². The molecule has 0 unspecified atom stereocenters. The number of rotatable bonds is 3. The van der Waals surface area contributed by atoms with Crippen LogP contribution in [-0.2, 0) is 0 Å². The zero-order valence-electron chi connectivity index (χ0n) is 24.8. The number of hydrogen-bond acceptors (Lipinski definition) is 3. The lowest BCUT2D eigenvalue weighted by Gasteiger charge is -2.11. The molecule has 0 fully saturated rings. The lowest BCUT2D eigenvalue weighted by molar-refractivity contribution is 1.34. The van der Waals surface area contributed by atoms with Crippen LogP contribution in [0.15, 0.2) is 152 Å². The quantitative estimate of drug-likeness (QED) is 0.194. The van der Waals surface area contributed by atoms with Gasteiger partial charge in [-0.2, -0.15) is 0 Å². The van der Waals surface area contributed by atoms with Gasteiger partial charge in [0, 0.05) is 33.5 Å². The van der Waals surface area contributed by atoms with Crippen LogP contribution in [0.4, 0.5) is 0 Å². The molecule has 46 heavy (non-hydrogen) atoms. The average Bonchev–Trinajstić information content (AvgIpc) is 3.46. The van der Waals surface area contributed by atoms with Crippen molar-refractivity contribution in [3.63, 3.8) is 0 Å². The number of para-hydroxylation sites is 1. The predicted octanol–water partition coefficient (Wildman–Crippen LogP) is 11.1. The molecule has 212 valence electrons. The standard InChI is InChI=1S/C43H25N3/c1-4-11-38-30(6-1)24-31(25-44-38)40-23-19-29-17-16-28-18-22-39(45-42(28)43(29)46-40)27-14-12-26(13-15-27)32-20-21-37-34-8-3-2-7-33(34)36-10-5-9-35(32)41(36)37/h1-25H. The Morgan fingerprint density at radius 3 is 1.72 bits per heavy atom. The zero-order valence-corrected chi connectivity index (χ0v) is 24.8. The summed E-state index contributed by atoms with van der Waals surface area (Å²) in [5, 5.41) is 5.88. The number of nitrogens with zero attached hydrogens (tertiary/aromatic N) is 3. The Hall–Kier alpha value is -6.19. The van der Waals surface area contributed by atoms with Gasteiger partial charge in [-0.1, -0.05) is 121 Å². The molecule has 3 heteroatoms. The van der Waals surface area contributed by atoms with E-state index in [1.165, 1.54) is 44.2 Å². The Morgan fingerprint density at radius 1 is 0.370 bits per heavy atom. The molecule has 0 aliphatic heterocycles. The van der Waals surface area contributed by atoms with Crippen LogP contribution in [0.1, 0.15) is 0 Å². The summed E-state index contributed by atoms with van der Waals surface area (Å²) in [5.41, 5.74) is 14.4. The average molecular weight is 584 g/mol. The maximum atomic E-state index is 5.19. The zero-order chi connectivity index (χ0) is 30.2.